The molecule has 22 heavy (non-hydrogen) atoms. The molecule has 0 spiro atoms. The summed E-state index contributed by atoms with van der Waals surface area (Å²) in [5, 5.41) is 0. The molecule has 130 valence electrons. The molecule has 0 aromatic rings. The van der Waals surface area contributed by atoms with E-state index in [4.69, 9.17) is 18.6 Å². The van der Waals surface area contributed by atoms with Crippen molar-refractivity contribution in [3.63, 3.8) is 0 Å². The van der Waals surface area contributed by atoms with Gasteiger partial charge in [0.05, 0.1) is 6.61 Å². The van der Waals surface area contributed by atoms with Crippen LogP contribution in [0.3, 0.4) is 0 Å². The van der Waals surface area contributed by atoms with E-state index in [9.17, 15) is 4.79 Å². The molecule has 5 nitrogen and oxygen atoms in total. The first-order valence-electron chi connectivity index (χ1n) is 8.58. The van der Waals surface area contributed by atoms with E-state index in [1.54, 1.807) is 0 Å². The van der Waals surface area contributed by atoms with Gasteiger partial charge in [-0.3, -0.25) is 0 Å². The summed E-state index contributed by atoms with van der Waals surface area (Å²) in [5.74, 6) is 0. The van der Waals surface area contributed by atoms with Gasteiger partial charge in [0.15, 0.2) is 14.4 Å². The zero-order valence-electron chi connectivity index (χ0n) is 14.4. The molecule has 1 aliphatic rings. The standard InChI is InChI=1S/C16H32O5Si/c1-4-20-22(2,3)12-10-8-6-5-7-9-11-18-13-15-14-19-16(17)21-15/h15H,4-14H2,1-3H3. The van der Waals surface area contributed by atoms with Crippen LogP contribution < -0.4 is 0 Å². The number of ether oxygens (including phenoxy) is 3. The molecule has 1 heterocycles. The lowest BCUT2D eigenvalue weighted by Gasteiger charge is -2.21. The first-order valence-corrected chi connectivity index (χ1v) is 11.7. The first-order chi connectivity index (χ1) is 10.5. The molecule has 6 heteroatoms. The first kappa shape index (κ1) is 19.5. The van der Waals surface area contributed by atoms with Gasteiger partial charge in [-0.2, -0.15) is 0 Å². The average molecular weight is 333 g/mol. The minimum atomic E-state index is -1.37. The molecule has 1 aliphatic heterocycles. The van der Waals surface area contributed by atoms with Crippen LogP contribution >= 0.6 is 0 Å². The van der Waals surface area contributed by atoms with Gasteiger partial charge in [0.2, 0.25) is 0 Å². The normalized spacial score (nSPS) is 18.3. The second kappa shape index (κ2) is 11.0. The van der Waals surface area contributed by atoms with Gasteiger partial charge in [-0.1, -0.05) is 32.1 Å². The molecule has 1 rings (SSSR count). The number of hydrogen-bond acceptors (Lipinski definition) is 5. The van der Waals surface area contributed by atoms with Crippen LogP contribution in [0.5, 0.6) is 0 Å². The van der Waals surface area contributed by atoms with Gasteiger partial charge < -0.3 is 18.6 Å². The second-order valence-corrected chi connectivity index (χ2v) is 10.7. The molecule has 0 saturated carbocycles. The van der Waals surface area contributed by atoms with Crippen molar-refractivity contribution in [2.75, 3.05) is 26.4 Å². The van der Waals surface area contributed by atoms with Crippen molar-refractivity contribution >= 4 is 14.5 Å². The Kier molecular flexibility index (Phi) is 9.75. The van der Waals surface area contributed by atoms with Crippen LogP contribution in [0.15, 0.2) is 0 Å². The lowest BCUT2D eigenvalue weighted by atomic mass is 10.1. The highest BCUT2D eigenvalue weighted by atomic mass is 28.4. The van der Waals surface area contributed by atoms with Crippen LogP contribution in [0.25, 0.3) is 0 Å². The zero-order valence-corrected chi connectivity index (χ0v) is 15.4. The molecule has 1 saturated heterocycles. The zero-order chi connectivity index (χ0) is 16.3. The van der Waals surface area contributed by atoms with Crippen molar-refractivity contribution in [3.05, 3.63) is 0 Å². The number of carbonyl (C=O) groups excluding carboxylic acids is 1. The van der Waals surface area contributed by atoms with Gasteiger partial charge in [-0.15, -0.1) is 0 Å². The predicted octanol–water partition coefficient (Wildman–Crippen LogP) is 4.12. The van der Waals surface area contributed by atoms with Crippen molar-refractivity contribution in [2.45, 2.75) is 70.7 Å². The van der Waals surface area contributed by atoms with Crippen molar-refractivity contribution in [1.29, 1.82) is 0 Å². The van der Waals surface area contributed by atoms with E-state index in [-0.39, 0.29) is 6.10 Å². The molecule has 1 fully saturated rings. The molecule has 0 radical (unpaired) electrons. The monoisotopic (exact) mass is 332 g/mol. The van der Waals surface area contributed by atoms with Crippen molar-refractivity contribution < 1.29 is 23.4 Å². The maximum Gasteiger partial charge on any atom is 0.508 e. The lowest BCUT2D eigenvalue weighted by Crippen LogP contribution is -2.29. The van der Waals surface area contributed by atoms with Gasteiger partial charge in [-0.25, -0.2) is 4.79 Å². The highest BCUT2D eigenvalue weighted by Crippen LogP contribution is 2.17. The van der Waals surface area contributed by atoms with E-state index in [0.29, 0.717) is 13.2 Å². The molecule has 0 N–H and O–H groups in total. The Morgan fingerprint density at radius 3 is 2.45 bits per heavy atom. The Bertz CT molecular complexity index is 309. The number of cyclic esters (lactones) is 2. The summed E-state index contributed by atoms with van der Waals surface area (Å²) in [7, 11) is -1.37. The highest BCUT2D eigenvalue weighted by Gasteiger charge is 2.24. The smallest absolute Gasteiger partial charge is 0.430 e. The van der Waals surface area contributed by atoms with Crippen molar-refractivity contribution in [2.24, 2.45) is 0 Å². The van der Waals surface area contributed by atoms with Crippen molar-refractivity contribution in [1.82, 2.24) is 0 Å². The molecule has 0 bridgehead atoms. The Morgan fingerprint density at radius 1 is 1.14 bits per heavy atom. The maximum absolute atomic E-state index is 10.7. The van der Waals surface area contributed by atoms with Crippen LogP contribution in [-0.2, 0) is 18.6 Å². The maximum atomic E-state index is 10.7. The molecule has 0 aromatic carbocycles. The fourth-order valence-corrected chi connectivity index (χ4v) is 4.61. The Labute approximate surface area is 135 Å². The SMILES string of the molecule is CCO[Si](C)(C)CCCCCCCCOCC1COC(=O)O1. The summed E-state index contributed by atoms with van der Waals surface area (Å²) in [6.07, 6.45) is 6.64. The topological polar surface area (TPSA) is 54.0 Å². The molecular weight excluding hydrogens is 300 g/mol. The molecule has 0 aliphatic carbocycles. The summed E-state index contributed by atoms with van der Waals surface area (Å²) in [5.41, 5.74) is 0. The molecule has 0 amide bonds. The van der Waals surface area contributed by atoms with Gasteiger partial charge in [0.1, 0.15) is 6.61 Å². The van der Waals surface area contributed by atoms with Crippen LogP contribution in [0.2, 0.25) is 19.1 Å². The van der Waals surface area contributed by atoms with Gasteiger partial charge in [0, 0.05) is 13.2 Å². The summed E-state index contributed by atoms with van der Waals surface area (Å²) >= 11 is 0. The van der Waals surface area contributed by atoms with E-state index in [2.05, 4.69) is 20.0 Å². The third kappa shape index (κ3) is 9.43. The van der Waals surface area contributed by atoms with Crippen LogP contribution in [0.4, 0.5) is 4.79 Å². The lowest BCUT2D eigenvalue weighted by molar-refractivity contribution is 0.0443. The summed E-state index contributed by atoms with van der Waals surface area (Å²) < 4.78 is 20.9. The van der Waals surface area contributed by atoms with E-state index >= 15 is 0 Å². The Balaban J connectivity index is 1.81. The molecular formula is C16H32O5Si. The quantitative estimate of drug-likeness (QED) is 0.288. The van der Waals surface area contributed by atoms with Gasteiger partial charge >= 0.3 is 6.16 Å². The van der Waals surface area contributed by atoms with Gasteiger partial charge in [-0.05, 0) is 32.5 Å². The van der Waals surface area contributed by atoms with E-state index in [0.717, 1.165) is 19.6 Å². The Morgan fingerprint density at radius 2 is 1.82 bits per heavy atom. The van der Waals surface area contributed by atoms with Crippen LogP contribution in [-0.4, -0.2) is 47.0 Å². The third-order valence-electron chi connectivity index (χ3n) is 3.81. The number of unbranched alkanes of at least 4 members (excludes halogenated alkanes) is 5. The number of hydrogen-bond donors (Lipinski definition) is 0. The molecule has 1 unspecified atom stereocenters. The highest BCUT2D eigenvalue weighted by molar-refractivity contribution is 6.71. The fourth-order valence-electron chi connectivity index (χ4n) is 2.59. The number of rotatable bonds is 13. The number of carbonyl (C=O) groups is 1. The van der Waals surface area contributed by atoms with Crippen LogP contribution in [0, 0.1) is 0 Å². The largest absolute Gasteiger partial charge is 0.508 e. The van der Waals surface area contributed by atoms with Crippen LogP contribution in [0.1, 0.15) is 45.4 Å². The predicted molar refractivity (Wildman–Crippen MR) is 88.7 cm³/mol. The van der Waals surface area contributed by atoms with E-state index in [1.807, 2.05) is 0 Å². The van der Waals surface area contributed by atoms with E-state index in [1.165, 1.54) is 38.1 Å². The van der Waals surface area contributed by atoms with Gasteiger partial charge in [0.25, 0.3) is 0 Å². The van der Waals surface area contributed by atoms with Crippen molar-refractivity contribution in [3.8, 4) is 0 Å². The minimum Gasteiger partial charge on any atom is -0.430 e. The average Bonchev–Trinajstić information content (AvgIpc) is 2.86. The Hall–Kier alpha value is -0.593. The molecule has 1 atom stereocenters. The second-order valence-electron chi connectivity index (χ2n) is 6.44. The molecule has 0 aromatic heterocycles. The van der Waals surface area contributed by atoms with E-state index < -0.39 is 14.5 Å². The summed E-state index contributed by atoms with van der Waals surface area (Å²) in [4.78, 5) is 10.7. The third-order valence-corrected chi connectivity index (χ3v) is 6.43. The summed E-state index contributed by atoms with van der Waals surface area (Å²) in [6.45, 7) is 9.05. The summed E-state index contributed by atoms with van der Waals surface area (Å²) in [6, 6.07) is 1.27. The minimum absolute atomic E-state index is 0.217. The fraction of sp³-hybridized carbons (Fsp3) is 0.938.